The maximum Gasteiger partial charge on any atom is 0.129 e. The molecule has 15 heavy (non-hydrogen) atoms. The number of rotatable bonds is 1. The molecule has 0 aromatic heterocycles. The van der Waals surface area contributed by atoms with E-state index in [-0.39, 0.29) is 11.7 Å². The third kappa shape index (κ3) is 5.56. The third-order valence-electron chi connectivity index (χ3n) is 1.84. The van der Waals surface area contributed by atoms with E-state index in [0.717, 1.165) is 11.1 Å². The molecule has 0 aliphatic rings. The van der Waals surface area contributed by atoms with Crippen molar-refractivity contribution in [3.63, 3.8) is 0 Å². The van der Waals surface area contributed by atoms with Gasteiger partial charge in [-0.1, -0.05) is 59.7 Å². The normalized spacial score (nSPS) is 8.60. The monoisotopic (exact) mass is 212 g/mol. The van der Waals surface area contributed by atoms with E-state index >= 15 is 0 Å². The van der Waals surface area contributed by atoms with Crippen molar-refractivity contribution in [2.45, 2.75) is 54.4 Å². The zero-order chi connectivity index (χ0) is 12.4. The van der Waals surface area contributed by atoms with Gasteiger partial charge in [0, 0.05) is 0 Å². The SMILES string of the molecule is CC.CC.Cc1cccc(C(C)C)c1F. The minimum atomic E-state index is -0.0532. The molecule has 0 heterocycles. The van der Waals surface area contributed by atoms with Crippen LogP contribution in [0.5, 0.6) is 0 Å². The van der Waals surface area contributed by atoms with Gasteiger partial charge in [-0.25, -0.2) is 4.39 Å². The Kier molecular flexibility index (Phi) is 10.7. The maximum atomic E-state index is 13.3. The highest BCUT2D eigenvalue weighted by atomic mass is 19.1. The van der Waals surface area contributed by atoms with E-state index in [1.807, 2.05) is 53.7 Å². The van der Waals surface area contributed by atoms with Crippen molar-refractivity contribution in [2.75, 3.05) is 0 Å². The summed E-state index contributed by atoms with van der Waals surface area (Å²) in [5.74, 6) is 0.220. The lowest BCUT2D eigenvalue weighted by molar-refractivity contribution is 0.590. The first-order valence-electron chi connectivity index (χ1n) is 5.88. The first-order chi connectivity index (χ1) is 7.13. The molecule has 0 radical (unpaired) electrons. The molecule has 1 heteroatoms. The summed E-state index contributed by atoms with van der Waals surface area (Å²) >= 11 is 0. The molecule has 0 saturated carbocycles. The Morgan fingerprint density at radius 1 is 1.00 bits per heavy atom. The van der Waals surface area contributed by atoms with Crippen molar-refractivity contribution in [3.8, 4) is 0 Å². The molecular formula is C14H25F. The summed E-state index contributed by atoms with van der Waals surface area (Å²) in [7, 11) is 0. The lowest BCUT2D eigenvalue weighted by atomic mass is 10.0. The second-order valence-electron chi connectivity index (χ2n) is 3.13. The van der Waals surface area contributed by atoms with Crippen LogP contribution in [-0.4, -0.2) is 0 Å². The van der Waals surface area contributed by atoms with E-state index in [4.69, 9.17) is 0 Å². The molecule has 0 bridgehead atoms. The smallest absolute Gasteiger partial charge is 0.129 e. The van der Waals surface area contributed by atoms with E-state index < -0.39 is 0 Å². The predicted octanol–water partition coefficient (Wildman–Crippen LogP) is 5.31. The second kappa shape index (κ2) is 9.70. The molecule has 0 fully saturated rings. The van der Waals surface area contributed by atoms with Crippen LogP contribution in [0.15, 0.2) is 18.2 Å². The minimum absolute atomic E-state index is 0.0532. The molecular weight excluding hydrogens is 187 g/mol. The zero-order valence-electron chi connectivity index (χ0n) is 11.2. The fraction of sp³-hybridized carbons (Fsp3) is 0.571. The molecule has 1 aromatic carbocycles. The van der Waals surface area contributed by atoms with Crippen molar-refractivity contribution in [2.24, 2.45) is 0 Å². The second-order valence-corrected chi connectivity index (χ2v) is 3.13. The van der Waals surface area contributed by atoms with Crippen LogP contribution < -0.4 is 0 Å². The molecule has 0 aliphatic carbocycles. The molecule has 88 valence electrons. The molecule has 0 N–H and O–H groups in total. The quantitative estimate of drug-likeness (QED) is 0.591. The highest BCUT2D eigenvalue weighted by Gasteiger charge is 2.06. The van der Waals surface area contributed by atoms with Gasteiger partial charge in [0.2, 0.25) is 0 Å². The van der Waals surface area contributed by atoms with Crippen LogP contribution in [0.3, 0.4) is 0 Å². The van der Waals surface area contributed by atoms with Crippen molar-refractivity contribution in [1.29, 1.82) is 0 Å². The number of halogens is 1. The molecule has 0 nitrogen and oxygen atoms in total. The average molecular weight is 212 g/mol. The topological polar surface area (TPSA) is 0 Å². The zero-order valence-corrected chi connectivity index (χ0v) is 11.2. The van der Waals surface area contributed by atoms with E-state index in [9.17, 15) is 4.39 Å². The van der Waals surface area contributed by atoms with Gasteiger partial charge in [0.15, 0.2) is 0 Å². The molecule has 0 amide bonds. The van der Waals surface area contributed by atoms with Crippen molar-refractivity contribution in [1.82, 2.24) is 0 Å². The fourth-order valence-electron chi connectivity index (χ4n) is 1.12. The van der Waals surface area contributed by atoms with Crippen molar-refractivity contribution >= 4 is 0 Å². The van der Waals surface area contributed by atoms with Crippen LogP contribution >= 0.6 is 0 Å². The number of hydrogen-bond donors (Lipinski definition) is 0. The number of aryl methyl sites for hydroxylation is 1. The highest BCUT2D eigenvalue weighted by Crippen LogP contribution is 2.19. The Bertz CT molecular complexity index is 252. The summed E-state index contributed by atoms with van der Waals surface area (Å²) in [6.07, 6.45) is 0. The Hall–Kier alpha value is -0.850. The van der Waals surface area contributed by atoms with E-state index in [1.54, 1.807) is 13.0 Å². The Morgan fingerprint density at radius 2 is 1.47 bits per heavy atom. The third-order valence-corrected chi connectivity index (χ3v) is 1.84. The summed E-state index contributed by atoms with van der Waals surface area (Å²) in [6.45, 7) is 13.8. The van der Waals surface area contributed by atoms with Crippen LogP contribution in [-0.2, 0) is 0 Å². The largest absolute Gasteiger partial charge is 0.206 e. The van der Waals surface area contributed by atoms with Gasteiger partial charge < -0.3 is 0 Å². The Balaban J connectivity index is 0. The molecule has 0 unspecified atom stereocenters. The summed E-state index contributed by atoms with van der Waals surface area (Å²) in [5.41, 5.74) is 1.54. The molecule has 1 rings (SSSR count). The van der Waals surface area contributed by atoms with Gasteiger partial charge >= 0.3 is 0 Å². The fourth-order valence-corrected chi connectivity index (χ4v) is 1.12. The Morgan fingerprint density at radius 3 is 1.80 bits per heavy atom. The van der Waals surface area contributed by atoms with Gasteiger partial charge in [-0.3, -0.25) is 0 Å². The van der Waals surface area contributed by atoms with Crippen molar-refractivity contribution in [3.05, 3.63) is 35.1 Å². The molecule has 1 aromatic rings. The lowest BCUT2D eigenvalue weighted by Crippen LogP contribution is -1.94. The van der Waals surface area contributed by atoms with Gasteiger partial charge in [0.05, 0.1) is 0 Å². The molecule has 0 aliphatic heterocycles. The van der Waals surface area contributed by atoms with Gasteiger partial charge in [-0.05, 0) is 24.0 Å². The molecule has 0 atom stereocenters. The van der Waals surface area contributed by atoms with Crippen LogP contribution in [0, 0.1) is 12.7 Å². The highest BCUT2D eigenvalue weighted by molar-refractivity contribution is 5.26. The number of hydrogen-bond acceptors (Lipinski definition) is 0. The van der Waals surface area contributed by atoms with Gasteiger partial charge in [0.25, 0.3) is 0 Å². The average Bonchev–Trinajstić information content (AvgIpc) is 2.27. The summed E-state index contributed by atoms with van der Waals surface area (Å²) < 4.78 is 13.3. The van der Waals surface area contributed by atoms with Crippen LogP contribution in [0.25, 0.3) is 0 Å². The molecule has 0 saturated heterocycles. The van der Waals surface area contributed by atoms with E-state index in [0.29, 0.717) is 0 Å². The maximum absolute atomic E-state index is 13.3. The van der Waals surface area contributed by atoms with Crippen LogP contribution in [0.2, 0.25) is 0 Å². The van der Waals surface area contributed by atoms with Crippen LogP contribution in [0.1, 0.15) is 58.6 Å². The summed E-state index contributed by atoms with van der Waals surface area (Å²) in [6, 6.07) is 5.53. The van der Waals surface area contributed by atoms with E-state index in [1.165, 1.54) is 0 Å². The van der Waals surface area contributed by atoms with Gasteiger partial charge in [0.1, 0.15) is 5.82 Å². The molecule has 0 spiro atoms. The van der Waals surface area contributed by atoms with Crippen molar-refractivity contribution < 1.29 is 4.39 Å². The van der Waals surface area contributed by atoms with Gasteiger partial charge in [-0.15, -0.1) is 0 Å². The summed E-state index contributed by atoms with van der Waals surface area (Å²) in [4.78, 5) is 0. The first-order valence-corrected chi connectivity index (χ1v) is 5.88. The predicted molar refractivity (Wildman–Crippen MR) is 67.9 cm³/mol. The lowest BCUT2D eigenvalue weighted by Gasteiger charge is -2.07. The van der Waals surface area contributed by atoms with Crippen LogP contribution in [0.4, 0.5) is 4.39 Å². The first kappa shape index (κ1) is 16.6. The van der Waals surface area contributed by atoms with Gasteiger partial charge in [-0.2, -0.15) is 0 Å². The number of benzene rings is 1. The standard InChI is InChI=1S/C10H13F.2C2H6/c1-7(2)9-6-4-5-8(3)10(9)11;2*1-2/h4-7H,1-3H3;2*1-2H3. The Labute approximate surface area is 94.5 Å². The minimum Gasteiger partial charge on any atom is -0.206 e. The summed E-state index contributed by atoms with van der Waals surface area (Å²) in [5, 5.41) is 0. The van der Waals surface area contributed by atoms with E-state index in [2.05, 4.69) is 0 Å².